The summed E-state index contributed by atoms with van der Waals surface area (Å²) in [5.74, 6) is 1.16. The molecule has 2 fully saturated rings. The minimum Gasteiger partial charge on any atom is -0.465 e. The molecule has 1 N–H and O–H groups in total. The second-order valence-electron chi connectivity index (χ2n) is 5.94. The van der Waals surface area contributed by atoms with Crippen molar-refractivity contribution in [3.8, 4) is 5.75 Å². The molecule has 1 saturated carbocycles. The van der Waals surface area contributed by atoms with Crippen LogP contribution in [0.4, 0.5) is 0 Å². The van der Waals surface area contributed by atoms with E-state index in [-0.39, 0.29) is 12.4 Å². The molecule has 110 valence electrons. The van der Waals surface area contributed by atoms with Gasteiger partial charge in [0.15, 0.2) is 6.29 Å². The number of aliphatic hydroxyl groups excluding tert-OH is 1. The van der Waals surface area contributed by atoms with Crippen LogP contribution in [0.1, 0.15) is 56.4 Å². The Kier molecular flexibility index (Phi) is 4.58. The minimum absolute atomic E-state index is 0.0881. The highest BCUT2D eigenvalue weighted by Crippen LogP contribution is 2.33. The first-order chi connectivity index (χ1) is 9.83. The smallest absolute Gasteiger partial charge is 0.199 e. The lowest BCUT2D eigenvalue weighted by Gasteiger charge is -2.28. The van der Waals surface area contributed by atoms with Crippen LogP contribution in [-0.2, 0) is 4.74 Å². The van der Waals surface area contributed by atoms with Crippen LogP contribution in [0.5, 0.6) is 5.75 Å². The first kappa shape index (κ1) is 13.9. The summed E-state index contributed by atoms with van der Waals surface area (Å²) in [5.41, 5.74) is 1.23. The van der Waals surface area contributed by atoms with Gasteiger partial charge >= 0.3 is 0 Å². The summed E-state index contributed by atoms with van der Waals surface area (Å²) in [6, 6.07) is 8.21. The van der Waals surface area contributed by atoms with Gasteiger partial charge in [0.2, 0.25) is 0 Å². The fourth-order valence-corrected chi connectivity index (χ4v) is 3.25. The van der Waals surface area contributed by atoms with Crippen LogP contribution < -0.4 is 4.74 Å². The quantitative estimate of drug-likeness (QED) is 0.916. The number of hydrogen-bond donors (Lipinski definition) is 1. The maximum atomic E-state index is 10.1. The lowest BCUT2D eigenvalue weighted by Crippen LogP contribution is -2.25. The zero-order chi connectivity index (χ0) is 13.8. The molecular formula is C17H24O3. The summed E-state index contributed by atoms with van der Waals surface area (Å²) >= 11 is 0. The van der Waals surface area contributed by atoms with Crippen molar-refractivity contribution in [3.63, 3.8) is 0 Å². The van der Waals surface area contributed by atoms with Gasteiger partial charge in [0.25, 0.3) is 0 Å². The molecular weight excluding hydrogens is 252 g/mol. The predicted octanol–water partition coefficient (Wildman–Crippen LogP) is 3.61. The number of ether oxygens (including phenoxy) is 2. The van der Waals surface area contributed by atoms with E-state index in [1.54, 1.807) is 0 Å². The van der Waals surface area contributed by atoms with Gasteiger partial charge in [0.1, 0.15) is 5.75 Å². The van der Waals surface area contributed by atoms with E-state index in [0.29, 0.717) is 5.92 Å². The van der Waals surface area contributed by atoms with E-state index in [1.807, 2.05) is 12.1 Å². The second kappa shape index (κ2) is 6.59. The number of rotatable bonds is 3. The molecule has 0 amide bonds. The minimum atomic E-state index is -0.183. The maximum Gasteiger partial charge on any atom is 0.199 e. The largest absolute Gasteiger partial charge is 0.465 e. The standard InChI is InChI=1S/C17H24O3/c18-16-6-2-1-5-15(16)13-8-10-14(11-9-13)20-17-7-3-4-12-19-17/h8-11,15-18H,1-7,12H2/t15-,16+,17?/m0/s1. The molecule has 0 bridgehead atoms. The SMILES string of the molecule is O[C@@H]1CCCC[C@H]1c1ccc(OC2CCCCO2)cc1. The Labute approximate surface area is 120 Å². The monoisotopic (exact) mass is 276 g/mol. The topological polar surface area (TPSA) is 38.7 Å². The predicted molar refractivity (Wildman–Crippen MR) is 77.9 cm³/mol. The van der Waals surface area contributed by atoms with Crippen molar-refractivity contribution >= 4 is 0 Å². The average molecular weight is 276 g/mol. The highest BCUT2D eigenvalue weighted by Gasteiger charge is 2.24. The highest BCUT2D eigenvalue weighted by atomic mass is 16.7. The fourth-order valence-electron chi connectivity index (χ4n) is 3.25. The van der Waals surface area contributed by atoms with Crippen LogP contribution >= 0.6 is 0 Å². The van der Waals surface area contributed by atoms with E-state index < -0.39 is 0 Å². The van der Waals surface area contributed by atoms with E-state index in [4.69, 9.17) is 9.47 Å². The fraction of sp³-hybridized carbons (Fsp3) is 0.647. The third-order valence-corrected chi connectivity index (χ3v) is 4.44. The Hall–Kier alpha value is -1.06. The summed E-state index contributed by atoms with van der Waals surface area (Å²) in [6.07, 6.45) is 7.41. The van der Waals surface area contributed by atoms with Gasteiger partial charge in [0, 0.05) is 12.3 Å². The molecule has 0 aromatic heterocycles. The summed E-state index contributed by atoms with van der Waals surface area (Å²) < 4.78 is 11.4. The summed E-state index contributed by atoms with van der Waals surface area (Å²) in [7, 11) is 0. The van der Waals surface area contributed by atoms with Crippen molar-refractivity contribution in [2.45, 2.75) is 63.3 Å². The molecule has 1 saturated heterocycles. The second-order valence-corrected chi connectivity index (χ2v) is 5.94. The maximum absolute atomic E-state index is 10.1. The molecule has 3 atom stereocenters. The molecule has 1 unspecified atom stereocenters. The van der Waals surface area contributed by atoms with Crippen LogP contribution in [0.25, 0.3) is 0 Å². The van der Waals surface area contributed by atoms with Crippen LogP contribution in [0.15, 0.2) is 24.3 Å². The molecule has 1 aromatic carbocycles. The van der Waals surface area contributed by atoms with Gasteiger partial charge in [-0.1, -0.05) is 25.0 Å². The average Bonchev–Trinajstić information content (AvgIpc) is 2.50. The van der Waals surface area contributed by atoms with Gasteiger partial charge in [0.05, 0.1) is 12.7 Å². The summed E-state index contributed by atoms with van der Waals surface area (Å²) in [6.45, 7) is 0.803. The van der Waals surface area contributed by atoms with Gasteiger partial charge in [-0.3, -0.25) is 0 Å². The van der Waals surface area contributed by atoms with E-state index in [2.05, 4.69) is 12.1 Å². The molecule has 3 heteroatoms. The van der Waals surface area contributed by atoms with E-state index in [0.717, 1.165) is 44.5 Å². The van der Waals surface area contributed by atoms with Crippen molar-refractivity contribution < 1.29 is 14.6 Å². The van der Waals surface area contributed by atoms with Crippen molar-refractivity contribution in [2.24, 2.45) is 0 Å². The van der Waals surface area contributed by atoms with Crippen LogP contribution in [0.3, 0.4) is 0 Å². The first-order valence-corrected chi connectivity index (χ1v) is 7.89. The van der Waals surface area contributed by atoms with Crippen LogP contribution in [-0.4, -0.2) is 24.1 Å². The Morgan fingerprint density at radius 1 is 0.950 bits per heavy atom. The summed E-state index contributed by atoms with van der Waals surface area (Å²) in [4.78, 5) is 0. The number of hydrogen-bond acceptors (Lipinski definition) is 3. The van der Waals surface area contributed by atoms with E-state index in [9.17, 15) is 5.11 Å². The molecule has 1 aliphatic carbocycles. The summed E-state index contributed by atoms with van der Waals surface area (Å²) in [5, 5.41) is 10.1. The Morgan fingerprint density at radius 2 is 1.70 bits per heavy atom. The third kappa shape index (κ3) is 3.33. The Bertz CT molecular complexity index is 409. The van der Waals surface area contributed by atoms with E-state index in [1.165, 1.54) is 18.4 Å². The van der Waals surface area contributed by atoms with Gasteiger partial charge in [-0.25, -0.2) is 0 Å². The molecule has 1 aliphatic heterocycles. The Morgan fingerprint density at radius 3 is 2.40 bits per heavy atom. The molecule has 3 nitrogen and oxygen atoms in total. The van der Waals surface area contributed by atoms with Gasteiger partial charge in [-0.2, -0.15) is 0 Å². The van der Waals surface area contributed by atoms with Crippen molar-refractivity contribution in [3.05, 3.63) is 29.8 Å². The highest BCUT2D eigenvalue weighted by molar-refractivity contribution is 5.30. The van der Waals surface area contributed by atoms with Crippen molar-refractivity contribution in [2.75, 3.05) is 6.61 Å². The molecule has 1 heterocycles. The third-order valence-electron chi connectivity index (χ3n) is 4.44. The zero-order valence-corrected chi connectivity index (χ0v) is 12.0. The zero-order valence-electron chi connectivity index (χ0n) is 12.0. The molecule has 20 heavy (non-hydrogen) atoms. The normalized spacial score (nSPS) is 30.9. The van der Waals surface area contributed by atoms with Crippen LogP contribution in [0, 0.1) is 0 Å². The molecule has 1 aromatic rings. The number of benzene rings is 1. The van der Waals surface area contributed by atoms with Crippen molar-refractivity contribution in [1.29, 1.82) is 0 Å². The molecule has 0 radical (unpaired) electrons. The molecule has 0 spiro atoms. The Balaban J connectivity index is 1.61. The van der Waals surface area contributed by atoms with Gasteiger partial charge < -0.3 is 14.6 Å². The molecule has 3 rings (SSSR count). The van der Waals surface area contributed by atoms with E-state index >= 15 is 0 Å². The number of aliphatic hydroxyl groups is 1. The lowest BCUT2D eigenvalue weighted by molar-refractivity contribution is -0.105. The van der Waals surface area contributed by atoms with Crippen LogP contribution in [0.2, 0.25) is 0 Å². The van der Waals surface area contributed by atoms with Gasteiger partial charge in [-0.05, 0) is 43.4 Å². The van der Waals surface area contributed by atoms with Crippen molar-refractivity contribution in [1.82, 2.24) is 0 Å². The molecule has 2 aliphatic rings. The van der Waals surface area contributed by atoms with Gasteiger partial charge in [-0.15, -0.1) is 0 Å². The first-order valence-electron chi connectivity index (χ1n) is 7.89. The lowest BCUT2D eigenvalue weighted by atomic mass is 9.82.